The molecule has 0 spiro atoms. The van der Waals surface area contributed by atoms with Crippen LogP contribution in [0.1, 0.15) is 18.9 Å². The van der Waals surface area contributed by atoms with E-state index in [9.17, 15) is 4.79 Å². The highest BCUT2D eigenvalue weighted by molar-refractivity contribution is 6.30. The molecular weight excluding hydrogens is 252 g/mol. The molecule has 2 N–H and O–H groups in total. The van der Waals surface area contributed by atoms with E-state index in [-0.39, 0.29) is 11.6 Å². The zero-order chi connectivity index (χ0) is 13.2. The molecule has 2 rings (SSSR count). The molecule has 0 bridgehead atoms. The van der Waals surface area contributed by atoms with Gasteiger partial charge in [0, 0.05) is 11.6 Å². The molecule has 0 saturated carbocycles. The number of hydrogen-bond acceptors (Lipinski definition) is 3. The quantitative estimate of drug-likeness (QED) is 0.912. The molecule has 1 aromatic carbocycles. The zero-order valence-electron chi connectivity index (χ0n) is 10.4. The second kappa shape index (κ2) is 5.16. The predicted octanol–water partition coefficient (Wildman–Crippen LogP) is 2.40. The summed E-state index contributed by atoms with van der Waals surface area (Å²) in [4.78, 5) is 13.5. The highest BCUT2D eigenvalue weighted by Gasteiger charge is 2.42. The van der Waals surface area contributed by atoms with E-state index in [2.05, 4.69) is 0 Å². The van der Waals surface area contributed by atoms with Gasteiger partial charge in [-0.25, -0.2) is 4.79 Å². The monoisotopic (exact) mass is 268 g/mol. The van der Waals surface area contributed by atoms with E-state index >= 15 is 0 Å². The van der Waals surface area contributed by atoms with Gasteiger partial charge in [-0.2, -0.15) is 0 Å². The summed E-state index contributed by atoms with van der Waals surface area (Å²) < 4.78 is 5.13. The number of amides is 1. The highest BCUT2D eigenvalue weighted by atomic mass is 35.5. The summed E-state index contributed by atoms with van der Waals surface area (Å²) in [6.45, 7) is 3.45. The first kappa shape index (κ1) is 13.2. The van der Waals surface area contributed by atoms with Crippen molar-refractivity contribution in [2.75, 3.05) is 13.2 Å². The summed E-state index contributed by atoms with van der Waals surface area (Å²) in [5.74, 6) is 0. The van der Waals surface area contributed by atoms with E-state index in [4.69, 9.17) is 22.1 Å². The van der Waals surface area contributed by atoms with E-state index in [1.807, 2.05) is 31.2 Å². The molecule has 18 heavy (non-hydrogen) atoms. The molecule has 1 fully saturated rings. The molecule has 1 atom stereocenters. The first-order valence-corrected chi connectivity index (χ1v) is 6.32. The van der Waals surface area contributed by atoms with Crippen LogP contribution in [-0.4, -0.2) is 29.7 Å². The number of carbonyl (C=O) groups excluding carboxylic acids is 1. The van der Waals surface area contributed by atoms with Gasteiger partial charge in [-0.1, -0.05) is 23.7 Å². The van der Waals surface area contributed by atoms with Crippen molar-refractivity contribution in [2.24, 2.45) is 5.73 Å². The zero-order valence-corrected chi connectivity index (χ0v) is 11.1. The maximum absolute atomic E-state index is 11.8. The minimum Gasteiger partial charge on any atom is -0.447 e. The first-order valence-electron chi connectivity index (χ1n) is 5.94. The lowest BCUT2D eigenvalue weighted by Gasteiger charge is -2.31. The second-order valence-electron chi connectivity index (χ2n) is 4.80. The molecule has 1 amide bonds. The standard InChI is InChI=1S/C13H17ClN2O2/c1-13(6-7-15)9-18-12(17)16(13)8-10-2-4-11(14)5-3-10/h2-5H,6-9,15H2,1H3. The molecule has 5 heteroatoms. The normalized spacial score (nSPS) is 23.3. The Kier molecular flexibility index (Phi) is 3.78. The van der Waals surface area contributed by atoms with Crippen molar-refractivity contribution in [3.05, 3.63) is 34.9 Å². The van der Waals surface area contributed by atoms with Crippen LogP contribution in [0, 0.1) is 0 Å². The average Bonchev–Trinajstić information content (AvgIpc) is 2.61. The van der Waals surface area contributed by atoms with Gasteiger partial charge in [-0.3, -0.25) is 4.90 Å². The van der Waals surface area contributed by atoms with Gasteiger partial charge < -0.3 is 10.5 Å². The van der Waals surface area contributed by atoms with Gasteiger partial charge >= 0.3 is 6.09 Å². The van der Waals surface area contributed by atoms with Crippen LogP contribution in [0.2, 0.25) is 5.02 Å². The number of rotatable bonds is 4. The number of benzene rings is 1. The Balaban J connectivity index is 2.15. The Labute approximate surface area is 112 Å². The van der Waals surface area contributed by atoms with Crippen LogP contribution in [0.25, 0.3) is 0 Å². The SMILES string of the molecule is CC1(CCN)COC(=O)N1Cc1ccc(Cl)cc1. The number of hydrogen-bond donors (Lipinski definition) is 1. The van der Waals surface area contributed by atoms with Crippen LogP contribution >= 0.6 is 11.6 Å². The van der Waals surface area contributed by atoms with Gasteiger partial charge in [-0.15, -0.1) is 0 Å². The third kappa shape index (κ3) is 2.60. The van der Waals surface area contributed by atoms with Crippen molar-refractivity contribution in [3.8, 4) is 0 Å². The smallest absolute Gasteiger partial charge is 0.410 e. The van der Waals surface area contributed by atoms with Crippen molar-refractivity contribution in [1.29, 1.82) is 0 Å². The minimum atomic E-state index is -0.314. The molecular formula is C13H17ClN2O2. The van der Waals surface area contributed by atoms with E-state index in [0.717, 1.165) is 12.0 Å². The van der Waals surface area contributed by atoms with Gasteiger partial charge in [0.05, 0.1) is 5.54 Å². The Bertz CT molecular complexity index is 435. The van der Waals surface area contributed by atoms with E-state index in [0.29, 0.717) is 24.7 Å². The van der Waals surface area contributed by atoms with Gasteiger partial charge in [0.1, 0.15) is 6.61 Å². The van der Waals surface area contributed by atoms with Crippen LogP contribution in [-0.2, 0) is 11.3 Å². The van der Waals surface area contributed by atoms with Crippen molar-refractivity contribution >= 4 is 17.7 Å². The van der Waals surface area contributed by atoms with Crippen LogP contribution < -0.4 is 5.73 Å². The number of nitrogens with two attached hydrogens (primary N) is 1. The summed E-state index contributed by atoms with van der Waals surface area (Å²) >= 11 is 5.84. The highest BCUT2D eigenvalue weighted by Crippen LogP contribution is 2.29. The van der Waals surface area contributed by atoms with Crippen LogP contribution in [0.3, 0.4) is 0 Å². The largest absolute Gasteiger partial charge is 0.447 e. The summed E-state index contributed by atoms with van der Waals surface area (Å²) in [6.07, 6.45) is 0.452. The van der Waals surface area contributed by atoms with Gasteiger partial charge in [-0.05, 0) is 37.6 Å². The molecule has 1 saturated heterocycles. The number of ether oxygens (including phenoxy) is 1. The fraction of sp³-hybridized carbons (Fsp3) is 0.462. The van der Waals surface area contributed by atoms with Gasteiger partial charge in [0.25, 0.3) is 0 Å². The molecule has 1 aromatic rings. The number of cyclic esters (lactones) is 1. The topological polar surface area (TPSA) is 55.6 Å². The lowest BCUT2D eigenvalue weighted by molar-refractivity contribution is 0.148. The molecule has 1 heterocycles. The fourth-order valence-electron chi connectivity index (χ4n) is 2.14. The molecule has 0 radical (unpaired) electrons. The van der Waals surface area contributed by atoms with E-state index in [1.165, 1.54) is 0 Å². The fourth-order valence-corrected chi connectivity index (χ4v) is 2.27. The summed E-state index contributed by atoms with van der Waals surface area (Å²) in [7, 11) is 0. The van der Waals surface area contributed by atoms with Crippen molar-refractivity contribution in [2.45, 2.75) is 25.4 Å². The third-order valence-corrected chi connectivity index (χ3v) is 3.57. The molecule has 1 aliphatic rings. The summed E-state index contributed by atoms with van der Waals surface area (Å²) in [6, 6.07) is 7.46. The minimum absolute atomic E-state index is 0.277. The van der Waals surface area contributed by atoms with Crippen molar-refractivity contribution < 1.29 is 9.53 Å². The molecule has 1 aliphatic heterocycles. The van der Waals surface area contributed by atoms with Gasteiger partial charge in [0.15, 0.2) is 0 Å². The maximum atomic E-state index is 11.8. The molecule has 0 aliphatic carbocycles. The van der Waals surface area contributed by atoms with Crippen LogP contribution in [0.15, 0.2) is 24.3 Å². The van der Waals surface area contributed by atoms with Crippen molar-refractivity contribution in [3.63, 3.8) is 0 Å². The molecule has 4 nitrogen and oxygen atoms in total. The van der Waals surface area contributed by atoms with Crippen LogP contribution in [0.4, 0.5) is 4.79 Å². The van der Waals surface area contributed by atoms with Gasteiger partial charge in [0.2, 0.25) is 0 Å². The second-order valence-corrected chi connectivity index (χ2v) is 5.24. The summed E-state index contributed by atoms with van der Waals surface area (Å²) in [5.41, 5.74) is 6.32. The number of halogens is 1. The average molecular weight is 269 g/mol. The Morgan fingerprint density at radius 1 is 1.44 bits per heavy atom. The maximum Gasteiger partial charge on any atom is 0.410 e. The van der Waals surface area contributed by atoms with E-state index < -0.39 is 0 Å². The summed E-state index contributed by atoms with van der Waals surface area (Å²) in [5, 5.41) is 0.687. The molecule has 0 aromatic heterocycles. The molecule has 98 valence electrons. The Hall–Kier alpha value is -1.26. The number of carbonyl (C=O) groups is 1. The number of nitrogens with zero attached hydrogens (tertiary/aromatic N) is 1. The Morgan fingerprint density at radius 2 is 2.11 bits per heavy atom. The van der Waals surface area contributed by atoms with Crippen LogP contribution in [0.5, 0.6) is 0 Å². The first-order chi connectivity index (χ1) is 8.55. The lowest BCUT2D eigenvalue weighted by atomic mass is 9.97. The van der Waals surface area contributed by atoms with E-state index in [1.54, 1.807) is 4.90 Å². The predicted molar refractivity (Wildman–Crippen MR) is 70.4 cm³/mol. The molecule has 1 unspecified atom stereocenters. The third-order valence-electron chi connectivity index (χ3n) is 3.32. The lowest BCUT2D eigenvalue weighted by Crippen LogP contribution is -2.45. The van der Waals surface area contributed by atoms with Crippen molar-refractivity contribution in [1.82, 2.24) is 4.90 Å². The Morgan fingerprint density at radius 3 is 2.72 bits per heavy atom.